The molecule has 0 aliphatic rings. The topological polar surface area (TPSA) is 31.2 Å². The summed E-state index contributed by atoms with van der Waals surface area (Å²) in [6, 6.07) is 24.6. The maximum Gasteiger partial charge on any atom is 0.195 e. The maximum atomic E-state index is 12.9. The lowest BCUT2D eigenvalue weighted by Gasteiger charge is -2.08. The molecule has 3 nitrogen and oxygen atoms in total. The predicted octanol–water partition coefficient (Wildman–Crippen LogP) is 5.60. The lowest BCUT2D eigenvalue weighted by atomic mass is 10.0. The molecule has 0 N–H and O–H groups in total. The minimum absolute atomic E-state index is 0.0316. The second-order valence-corrected chi connectivity index (χ2v) is 6.69. The molecular formula is C23H18ClNO2. The van der Waals surface area contributed by atoms with E-state index in [9.17, 15) is 4.79 Å². The van der Waals surface area contributed by atoms with Crippen LogP contribution in [0, 0.1) is 0 Å². The zero-order valence-electron chi connectivity index (χ0n) is 14.6. The Labute approximate surface area is 162 Å². The van der Waals surface area contributed by atoms with Crippen molar-refractivity contribution in [3.63, 3.8) is 0 Å². The number of ether oxygens (including phenoxy) is 1. The van der Waals surface area contributed by atoms with Crippen molar-refractivity contribution in [3.8, 4) is 5.75 Å². The van der Waals surface area contributed by atoms with Gasteiger partial charge in [-0.15, -0.1) is 0 Å². The Bertz CT molecular complexity index is 1070. The molecule has 3 aromatic carbocycles. The van der Waals surface area contributed by atoms with Gasteiger partial charge in [0.15, 0.2) is 5.78 Å². The fourth-order valence-corrected chi connectivity index (χ4v) is 3.28. The van der Waals surface area contributed by atoms with Crippen LogP contribution in [0.25, 0.3) is 10.9 Å². The molecule has 1 aromatic heterocycles. The first kappa shape index (κ1) is 17.4. The number of halogens is 1. The van der Waals surface area contributed by atoms with Gasteiger partial charge in [0.25, 0.3) is 0 Å². The highest BCUT2D eigenvalue weighted by atomic mass is 35.5. The Morgan fingerprint density at radius 3 is 2.37 bits per heavy atom. The van der Waals surface area contributed by atoms with Gasteiger partial charge in [-0.1, -0.05) is 60.1 Å². The standard InChI is InChI=1S/C23H18ClNO2/c24-18-10-12-19(13-11-18)27-15-14-25-16-21(20-8-4-5-9-22(20)25)23(26)17-6-2-1-3-7-17/h1-13,16H,14-15H2. The van der Waals surface area contributed by atoms with Crippen molar-refractivity contribution in [2.45, 2.75) is 6.54 Å². The molecule has 0 saturated carbocycles. The van der Waals surface area contributed by atoms with Crippen LogP contribution < -0.4 is 4.74 Å². The van der Waals surface area contributed by atoms with Crippen molar-refractivity contribution >= 4 is 28.3 Å². The summed E-state index contributed by atoms with van der Waals surface area (Å²) < 4.78 is 7.87. The molecule has 0 aliphatic carbocycles. The van der Waals surface area contributed by atoms with Gasteiger partial charge in [0.1, 0.15) is 12.4 Å². The average Bonchev–Trinajstić information content (AvgIpc) is 3.08. The third-order valence-electron chi connectivity index (χ3n) is 4.48. The first-order chi connectivity index (χ1) is 13.2. The summed E-state index contributed by atoms with van der Waals surface area (Å²) >= 11 is 5.90. The summed E-state index contributed by atoms with van der Waals surface area (Å²) in [5.41, 5.74) is 2.43. The van der Waals surface area contributed by atoms with Crippen LogP contribution in [0.3, 0.4) is 0 Å². The molecule has 0 spiro atoms. The largest absolute Gasteiger partial charge is 0.492 e. The molecule has 4 aromatic rings. The number of rotatable bonds is 6. The SMILES string of the molecule is O=C(c1ccccc1)c1cn(CCOc2ccc(Cl)cc2)c2ccccc12. The Kier molecular flexibility index (Phi) is 4.95. The van der Waals surface area contributed by atoms with Gasteiger partial charge in [0.05, 0.1) is 6.54 Å². The number of fused-ring (bicyclic) bond motifs is 1. The molecular weight excluding hydrogens is 358 g/mol. The lowest BCUT2D eigenvalue weighted by Crippen LogP contribution is -2.07. The van der Waals surface area contributed by atoms with Gasteiger partial charge in [0, 0.05) is 33.2 Å². The maximum absolute atomic E-state index is 12.9. The van der Waals surface area contributed by atoms with Crippen molar-refractivity contribution in [1.82, 2.24) is 4.57 Å². The molecule has 0 fully saturated rings. The van der Waals surface area contributed by atoms with E-state index in [4.69, 9.17) is 16.3 Å². The third-order valence-corrected chi connectivity index (χ3v) is 4.74. The van der Waals surface area contributed by atoms with Crippen LogP contribution in [0.15, 0.2) is 85.1 Å². The molecule has 0 bridgehead atoms. The number of hydrogen-bond donors (Lipinski definition) is 0. The van der Waals surface area contributed by atoms with Gasteiger partial charge >= 0.3 is 0 Å². The number of ketones is 1. The molecule has 4 heteroatoms. The van der Waals surface area contributed by atoms with Crippen molar-refractivity contribution in [3.05, 3.63) is 101 Å². The van der Waals surface area contributed by atoms with E-state index in [-0.39, 0.29) is 5.78 Å². The Balaban J connectivity index is 1.58. The quantitative estimate of drug-likeness (QED) is 0.410. The van der Waals surface area contributed by atoms with Crippen LogP contribution in [0.2, 0.25) is 5.02 Å². The molecule has 0 atom stereocenters. The molecule has 0 unspecified atom stereocenters. The van der Waals surface area contributed by atoms with Gasteiger partial charge in [-0.2, -0.15) is 0 Å². The van der Waals surface area contributed by atoms with Crippen LogP contribution in [0.1, 0.15) is 15.9 Å². The second-order valence-electron chi connectivity index (χ2n) is 6.25. The van der Waals surface area contributed by atoms with Crippen LogP contribution in [-0.2, 0) is 6.54 Å². The van der Waals surface area contributed by atoms with E-state index >= 15 is 0 Å². The number of hydrogen-bond acceptors (Lipinski definition) is 2. The van der Waals surface area contributed by atoms with E-state index in [1.54, 1.807) is 12.1 Å². The summed E-state index contributed by atoms with van der Waals surface area (Å²) in [6.07, 6.45) is 1.92. The Morgan fingerprint density at radius 2 is 1.59 bits per heavy atom. The van der Waals surface area contributed by atoms with Crippen molar-refractivity contribution < 1.29 is 9.53 Å². The van der Waals surface area contributed by atoms with E-state index < -0.39 is 0 Å². The lowest BCUT2D eigenvalue weighted by molar-refractivity contribution is 0.104. The van der Waals surface area contributed by atoms with Gasteiger partial charge < -0.3 is 9.30 Å². The molecule has 0 amide bonds. The molecule has 4 rings (SSSR count). The van der Waals surface area contributed by atoms with E-state index in [1.807, 2.05) is 72.9 Å². The fourth-order valence-electron chi connectivity index (χ4n) is 3.15. The minimum Gasteiger partial charge on any atom is -0.492 e. The van der Waals surface area contributed by atoms with Gasteiger partial charge in [-0.3, -0.25) is 4.79 Å². The van der Waals surface area contributed by atoms with E-state index in [1.165, 1.54) is 0 Å². The second kappa shape index (κ2) is 7.68. The van der Waals surface area contributed by atoms with Crippen LogP contribution in [-0.4, -0.2) is 17.0 Å². The zero-order valence-corrected chi connectivity index (χ0v) is 15.4. The highest BCUT2D eigenvalue weighted by Crippen LogP contribution is 2.24. The van der Waals surface area contributed by atoms with Crippen molar-refractivity contribution in [1.29, 1.82) is 0 Å². The van der Waals surface area contributed by atoms with E-state index in [0.717, 1.165) is 16.7 Å². The number of para-hydroxylation sites is 1. The van der Waals surface area contributed by atoms with Crippen molar-refractivity contribution in [2.75, 3.05) is 6.61 Å². The predicted molar refractivity (Wildman–Crippen MR) is 109 cm³/mol. The minimum atomic E-state index is 0.0316. The van der Waals surface area contributed by atoms with Crippen LogP contribution in [0.5, 0.6) is 5.75 Å². The third kappa shape index (κ3) is 3.74. The highest BCUT2D eigenvalue weighted by molar-refractivity contribution is 6.30. The van der Waals surface area contributed by atoms with Gasteiger partial charge in [-0.05, 0) is 30.3 Å². The molecule has 27 heavy (non-hydrogen) atoms. The smallest absolute Gasteiger partial charge is 0.195 e. The van der Waals surface area contributed by atoms with Crippen LogP contribution in [0.4, 0.5) is 0 Å². The molecule has 134 valence electrons. The summed E-state index contributed by atoms with van der Waals surface area (Å²) in [4.78, 5) is 12.9. The summed E-state index contributed by atoms with van der Waals surface area (Å²) in [5.74, 6) is 0.806. The highest BCUT2D eigenvalue weighted by Gasteiger charge is 2.16. The van der Waals surface area contributed by atoms with Gasteiger partial charge in [0.2, 0.25) is 0 Å². The van der Waals surface area contributed by atoms with Gasteiger partial charge in [-0.25, -0.2) is 0 Å². The Hall–Kier alpha value is -3.04. The van der Waals surface area contributed by atoms with E-state index in [0.29, 0.717) is 29.3 Å². The number of nitrogens with zero attached hydrogens (tertiary/aromatic N) is 1. The summed E-state index contributed by atoms with van der Waals surface area (Å²) in [7, 11) is 0. The van der Waals surface area contributed by atoms with Crippen LogP contribution >= 0.6 is 11.6 Å². The van der Waals surface area contributed by atoms with Crippen molar-refractivity contribution in [2.24, 2.45) is 0 Å². The number of carbonyl (C=O) groups excluding carboxylic acids is 1. The zero-order chi connectivity index (χ0) is 18.6. The number of carbonyl (C=O) groups is 1. The van der Waals surface area contributed by atoms with E-state index in [2.05, 4.69) is 4.57 Å². The number of benzene rings is 3. The first-order valence-electron chi connectivity index (χ1n) is 8.78. The monoisotopic (exact) mass is 375 g/mol. The molecule has 1 heterocycles. The summed E-state index contributed by atoms with van der Waals surface area (Å²) in [6.45, 7) is 1.14. The normalized spacial score (nSPS) is 10.9. The molecule has 0 radical (unpaired) electrons. The molecule has 0 saturated heterocycles. The Morgan fingerprint density at radius 1 is 0.889 bits per heavy atom. The number of aromatic nitrogens is 1. The average molecular weight is 376 g/mol. The molecule has 0 aliphatic heterocycles. The fraction of sp³-hybridized carbons (Fsp3) is 0.0870. The first-order valence-corrected chi connectivity index (χ1v) is 9.16. The summed E-state index contributed by atoms with van der Waals surface area (Å²) in [5, 5.41) is 1.64.